The number of piperazine rings is 1. The van der Waals surface area contributed by atoms with Gasteiger partial charge in [-0.1, -0.05) is 0 Å². The van der Waals surface area contributed by atoms with Crippen molar-refractivity contribution in [3.05, 3.63) is 31.6 Å². The van der Waals surface area contributed by atoms with Gasteiger partial charge in [0.05, 0.1) is 8.96 Å². The lowest BCUT2D eigenvalue weighted by molar-refractivity contribution is 0.0695. The van der Waals surface area contributed by atoms with Gasteiger partial charge in [-0.25, -0.2) is 9.78 Å². The molecule has 0 unspecified atom stereocenters. The summed E-state index contributed by atoms with van der Waals surface area (Å²) in [4.78, 5) is 33.0. The minimum absolute atomic E-state index is 0.214. The number of halogens is 1. The first kappa shape index (κ1) is 17.2. The molecule has 0 spiro atoms. The van der Waals surface area contributed by atoms with Crippen LogP contribution in [0.2, 0.25) is 0 Å². The number of hydrogen-bond donors (Lipinski definition) is 1. The number of carbonyl (C=O) groups is 1. The van der Waals surface area contributed by atoms with Crippen LogP contribution in [0.25, 0.3) is 11.0 Å². The fraction of sp³-hybridized carbons (Fsp3) is 0.438. The highest BCUT2D eigenvalue weighted by molar-refractivity contribution is 14.1. The quantitative estimate of drug-likeness (QED) is 0.726. The molecule has 1 aliphatic rings. The Hall–Kier alpha value is -1.68. The molecule has 2 aromatic rings. The van der Waals surface area contributed by atoms with Crippen LogP contribution in [0.4, 0.5) is 5.82 Å². The van der Waals surface area contributed by atoms with Gasteiger partial charge in [-0.15, -0.1) is 0 Å². The number of nitrogens with zero attached hydrogens (tertiary/aromatic N) is 4. The summed E-state index contributed by atoms with van der Waals surface area (Å²) in [5.41, 5.74) is -0.145. The predicted molar refractivity (Wildman–Crippen MR) is 101 cm³/mol. The van der Waals surface area contributed by atoms with Crippen molar-refractivity contribution >= 4 is 45.4 Å². The fourth-order valence-electron chi connectivity index (χ4n) is 2.91. The number of anilines is 1. The molecular weight excluding hydrogens is 423 g/mol. The van der Waals surface area contributed by atoms with E-state index in [4.69, 9.17) is 4.98 Å². The molecule has 3 rings (SSSR count). The van der Waals surface area contributed by atoms with Gasteiger partial charge in [0, 0.05) is 38.9 Å². The molecule has 2 aromatic heterocycles. The molecule has 0 atom stereocenters. The Balaban J connectivity index is 2.18. The van der Waals surface area contributed by atoms with E-state index in [-0.39, 0.29) is 5.56 Å². The second-order valence-corrected chi connectivity index (χ2v) is 7.08. The van der Waals surface area contributed by atoms with Crippen molar-refractivity contribution in [1.82, 2.24) is 14.5 Å². The van der Waals surface area contributed by atoms with E-state index < -0.39 is 11.4 Å². The second kappa shape index (κ2) is 6.67. The monoisotopic (exact) mass is 442 g/mol. The average Bonchev–Trinajstić information content (AvgIpc) is 2.56. The molecule has 0 aliphatic carbocycles. The smallest absolute Gasteiger partial charge is 0.341 e. The summed E-state index contributed by atoms with van der Waals surface area (Å²) in [5.74, 6) is -0.344. The van der Waals surface area contributed by atoms with Gasteiger partial charge >= 0.3 is 5.97 Å². The Morgan fingerprint density at radius 1 is 1.33 bits per heavy atom. The van der Waals surface area contributed by atoms with Gasteiger partial charge in [0.15, 0.2) is 0 Å². The van der Waals surface area contributed by atoms with Crippen molar-refractivity contribution in [3.8, 4) is 0 Å². The summed E-state index contributed by atoms with van der Waals surface area (Å²) in [6, 6.07) is 1.76. The first-order valence-corrected chi connectivity index (χ1v) is 8.90. The van der Waals surface area contributed by atoms with E-state index in [1.165, 1.54) is 6.20 Å². The zero-order valence-electron chi connectivity index (χ0n) is 13.6. The van der Waals surface area contributed by atoms with E-state index in [0.29, 0.717) is 17.6 Å². The van der Waals surface area contributed by atoms with Crippen LogP contribution in [0.15, 0.2) is 17.1 Å². The van der Waals surface area contributed by atoms with Gasteiger partial charge in [-0.3, -0.25) is 4.79 Å². The minimum Gasteiger partial charge on any atom is -0.477 e. The summed E-state index contributed by atoms with van der Waals surface area (Å²) < 4.78 is 2.60. The van der Waals surface area contributed by atoms with Crippen LogP contribution in [-0.4, -0.2) is 58.8 Å². The van der Waals surface area contributed by atoms with Gasteiger partial charge < -0.3 is 19.5 Å². The number of likely N-dealkylation sites (N-methyl/N-ethyl adjacent to an activating group) is 1. The zero-order chi connectivity index (χ0) is 17.4. The molecule has 1 fully saturated rings. The standard InChI is InChI=1S/C16H19IN4O3/c1-3-20-9-11(16(23)24)13(22)10-8-12(17)15(18-14(10)20)21-6-4-19(2)5-7-21/h8-9H,3-7H2,1-2H3,(H,23,24). The maximum Gasteiger partial charge on any atom is 0.341 e. The molecule has 0 amide bonds. The number of pyridine rings is 2. The molecule has 1 saturated heterocycles. The van der Waals surface area contributed by atoms with Crippen LogP contribution < -0.4 is 10.3 Å². The van der Waals surface area contributed by atoms with Crippen molar-refractivity contribution in [2.45, 2.75) is 13.5 Å². The van der Waals surface area contributed by atoms with Crippen LogP contribution in [0.3, 0.4) is 0 Å². The van der Waals surface area contributed by atoms with E-state index in [9.17, 15) is 14.7 Å². The van der Waals surface area contributed by atoms with Gasteiger partial charge in [-0.05, 0) is 42.6 Å². The number of aromatic nitrogens is 2. The number of hydrogen-bond acceptors (Lipinski definition) is 5. The molecule has 1 aliphatic heterocycles. The Labute approximate surface area is 153 Å². The van der Waals surface area contributed by atoms with Crippen molar-refractivity contribution in [1.29, 1.82) is 0 Å². The normalized spacial score (nSPS) is 15.9. The van der Waals surface area contributed by atoms with Gasteiger partial charge in [-0.2, -0.15) is 0 Å². The zero-order valence-corrected chi connectivity index (χ0v) is 15.8. The molecule has 0 bridgehead atoms. The Bertz CT molecular complexity index is 857. The summed E-state index contributed by atoms with van der Waals surface area (Å²) >= 11 is 2.17. The van der Waals surface area contributed by atoms with E-state index in [1.807, 2.05) is 6.92 Å². The van der Waals surface area contributed by atoms with Crippen LogP contribution >= 0.6 is 22.6 Å². The molecule has 7 nitrogen and oxygen atoms in total. The Morgan fingerprint density at radius 3 is 2.58 bits per heavy atom. The molecule has 128 valence electrons. The lowest BCUT2D eigenvalue weighted by atomic mass is 10.2. The highest BCUT2D eigenvalue weighted by Crippen LogP contribution is 2.25. The first-order chi connectivity index (χ1) is 11.4. The van der Waals surface area contributed by atoms with E-state index in [0.717, 1.165) is 35.6 Å². The number of aryl methyl sites for hydroxylation is 1. The second-order valence-electron chi connectivity index (χ2n) is 5.92. The number of rotatable bonds is 3. The van der Waals surface area contributed by atoms with Crippen LogP contribution in [-0.2, 0) is 6.54 Å². The lowest BCUT2D eigenvalue weighted by Gasteiger charge is -2.33. The maximum absolute atomic E-state index is 12.5. The van der Waals surface area contributed by atoms with Crippen molar-refractivity contribution in [3.63, 3.8) is 0 Å². The number of carboxylic acids is 1. The van der Waals surface area contributed by atoms with Crippen molar-refractivity contribution < 1.29 is 9.90 Å². The van der Waals surface area contributed by atoms with E-state index >= 15 is 0 Å². The molecule has 24 heavy (non-hydrogen) atoms. The number of carboxylic acid groups (broad SMARTS) is 1. The Kier molecular flexibility index (Phi) is 4.77. The van der Waals surface area contributed by atoms with E-state index in [1.54, 1.807) is 10.6 Å². The van der Waals surface area contributed by atoms with Gasteiger partial charge in [0.1, 0.15) is 17.0 Å². The Morgan fingerprint density at radius 2 is 2.00 bits per heavy atom. The molecule has 0 aromatic carbocycles. The SMILES string of the molecule is CCn1cc(C(=O)O)c(=O)c2cc(I)c(N3CCN(C)CC3)nc21. The van der Waals surface area contributed by atoms with Crippen molar-refractivity contribution in [2.24, 2.45) is 0 Å². The summed E-state index contributed by atoms with van der Waals surface area (Å²) in [5, 5.41) is 9.61. The van der Waals surface area contributed by atoms with Crippen LogP contribution in [0.5, 0.6) is 0 Å². The largest absolute Gasteiger partial charge is 0.477 e. The number of fused-ring (bicyclic) bond motifs is 1. The van der Waals surface area contributed by atoms with Crippen LogP contribution in [0, 0.1) is 3.57 Å². The summed E-state index contributed by atoms with van der Waals surface area (Å²) in [6.45, 7) is 6.16. The lowest BCUT2D eigenvalue weighted by Crippen LogP contribution is -2.45. The third kappa shape index (κ3) is 3.00. The summed E-state index contributed by atoms with van der Waals surface area (Å²) in [7, 11) is 2.10. The van der Waals surface area contributed by atoms with Gasteiger partial charge in [0.2, 0.25) is 5.43 Å². The first-order valence-electron chi connectivity index (χ1n) is 7.82. The average molecular weight is 442 g/mol. The predicted octanol–water partition coefficient (Wildman–Crippen LogP) is 1.47. The fourth-order valence-corrected chi connectivity index (χ4v) is 3.68. The van der Waals surface area contributed by atoms with Crippen LogP contribution in [0.1, 0.15) is 17.3 Å². The third-order valence-electron chi connectivity index (χ3n) is 4.36. The topological polar surface area (TPSA) is 78.7 Å². The molecule has 0 saturated carbocycles. The highest BCUT2D eigenvalue weighted by atomic mass is 127. The van der Waals surface area contributed by atoms with Crippen molar-refractivity contribution in [2.75, 3.05) is 38.1 Å². The van der Waals surface area contributed by atoms with E-state index in [2.05, 4.69) is 39.4 Å². The maximum atomic E-state index is 12.5. The highest BCUT2D eigenvalue weighted by Gasteiger charge is 2.21. The molecule has 8 heteroatoms. The molecule has 0 radical (unpaired) electrons. The molecular formula is C16H19IN4O3. The summed E-state index contributed by atoms with van der Waals surface area (Å²) in [6.07, 6.45) is 1.39. The van der Waals surface area contributed by atoms with Gasteiger partial charge in [0.25, 0.3) is 0 Å². The minimum atomic E-state index is -1.21. The number of aromatic carboxylic acids is 1. The third-order valence-corrected chi connectivity index (χ3v) is 5.15. The molecule has 3 heterocycles. The molecule has 1 N–H and O–H groups in total.